The lowest BCUT2D eigenvalue weighted by atomic mass is 10.1. The first kappa shape index (κ1) is 17.2. The molecule has 0 fully saturated rings. The Bertz CT molecular complexity index is 463. The minimum atomic E-state index is -0.538. The molecule has 1 aromatic carbocycles. The van der Waals surface area contributed by atoms with Crippen LogP contribution in [0.5, 0.6) is 5.75 Å². The Balaban J connectivity index is 2.55. The molecule has 1 N–H and O–H groups in total. The monoisotopic (exact) mass is 291 g/mol. The van der Waals surface area contributed by atoms with Crippen LogP contribution in [-0.4, -0.2) is 23.8 Å². The Labute approximate surface area is 126 Å². The van der Waals surface area contributed by atoms with Crippen LogP contribution in [0.25, 0.3) is 0 Å². The highest BCUT2D eigenvalue weighted by atomic mass is 16.5. The van der Waals surface area contributed by atoms with Crippen molar-refractivity contribution < 1.29 is 14.3 Å². The molecular weight excluding hydrogens is 266 g/mol. The lowest BCUT2D eigenvalue weighted by Crippen LogP contribution is -2.42. The van der Waals surface area contributed by atoms with Gasteiger partial charge < -0.3 is 10.1 Å². The number of carbonyl (C=O) groups is 2. The molecule has 4 heteroatoms. The maximum absolute atomic E-state index is 12.0. The topological polar surface area (TPSA) is 55.4 Å². The van der Waals surface area contributed by atoms with Crippen molar-refractivity contribution in [2.24, 2.45) is 0 Å². The molecule has 0 aliphatic carbocycles. The number of amides is 1. The van der Waals surface area contributed by atoms with Gasteiger partial charge >= 0.3 is 0 Å². The van der Waals surface area contributed by atoms with Gasteiger partial charge in [-0.15, -0.1) is 0 Å². The van der Waals surface area contributed by atoms with Gasteiger partial charge in [0.15, 0.2) is 6.10 Å². The fourth-order valence-electron chi connectivity index (χ4n) is 2.04. The third-order valence-corrected chi connectivity index (χ3v) is 3.39. The summed E-state index contributed by atoms with van der Waals surface area (Å²) in [6.45, 7) is 7.40. The first-order valence-corrected chi connectivity index (χ1v) is 7.51. The molecule has 0 saturated heterocycles. The Morgan fingerprint density at radius 3 is 2.19 bits per heavy atom. The number of benzene rings is 1. The lowest BCUT2D eigenvalue weighted by Gasteiger charge is -2.19. The highest BCUT2D eigenvalue weighted by Crippen LogP contribution is 2.14. The van der Waals surface area contributed by atoms with Crippen molar-refractivity contribution in [3.63, 3.8) is 0 Å². The van der Waals surface area contributed by atoms with Gasteiger partial charge in [-0.25, -0.2) is 0 Å². The van der Waals surface area contributed by atoms with Crippen LogP contribution in [0.1, 0.15) is 46.1 Å². The van der Waals surface area contributed by atoms with E-state index >= 15 is 0 Å². The van der Waals surface area contributed by atoms with Crippen LogP contribution in [0.3, 0.4) is 0 Å². The average Bonchev–Trinajstić information content (AvgIpc) is 2.45. The molecule has 1 atom stereocenters. The lowest BCUT2D eigenvalue weighted by molar-refractivity contribution is -0.128. The number of hydrogen-bond donors (Lipinski definition) is 1. The van der Waals surface area contributed by atoms with Crippen LogP contribution in [0, 0.1) is 0 Å². The SMILES string of the molecule is CCC(CC)NC(=O)C(C)Oc1ccc(CC(C)=O)cc1. The molecule has 21 heavy (non-hydrogen) atoms. The number of nitrogens with one attached hydrogen (secondary N) is 1. The van der Waals surface area contributed by atoms with Crippen molar-refractivity contribution >= 4 is 11.7 Å². The zero-order chi connectivity index (χ0) is 15.8. The van der Waals surface area contributed by atoms with Crippen LogP contribution in [0.4, 0.5) is 0 Å². The number of carbonyl (C=O) groups excluding carboxylic acids is 2. The number of rotatable bonds is 8. The zero-order valence-corrected chi connectivity index (χ0v) is 13.3. The molecule has 1 amide bonds. The van der Waals surface area contributed by atoms with Crippen molar-refractivity contribution in [1.82, 2.24) is 5.32 Å². The Morgan fingerprint density at radius 1 is 1.14 bits per heavy atom. The second kappa shape index (κ2) is 8.45. The smallest absolute Gasteiger partial charge is 0.260 e. The summed E-state index contributed by atoms with van der Waals surface area (Å²) in [6.07, 6.45) is 1.71. The van der Waals surface area contributed by atoms with Crippen LogP contribution in [0.15, 0.2) is 24.3 Å². The fourth-order valence-corrected chi connectivity index (χ4v) is 2.04. The normalized spacial score (nSPS) is 12.0. The molecule has 4 nitrogen and oxygen atoms in total. The molecule has 0 aromatic heterocycles. The largest absolute Gasteiger partial charge is 0.481 e. The Hall–Kier alpha value is -1.84. The van der Waals surface area contributed by atoms with E-state index in [1.54, 1.807) is 26.0 Å². The third kappa shape index (κ3) is 5.98. The van der Waals surface area contributed by atoms with E-state index in [2.05, 4.69) is 5.32 Å². The van der Waals surface area contributed by atoms with E-state index in [0.29, 0.717) is 12.2 Å². The first-order valence-electron chi connectivity index (χ1n) is 7.51. The molecule has 0 radical (unpaired) electrons. The number of Topliss-reactive ketones (excluding diaryl/α,β-unsaturated/α-hetero) is 1. The van der Waals surface area contributed by atoms with Gasteiger partial charge in [0.25, 0.3) is 5.91 Å². The molecule has 0 heterocycles. The van der Waals surface area contributed by atoms with Crippen molar-refractivity contribution in [1.29, 1.82) is 0 Å². The van der Waals surface area contributed by atoms with Gasteiger partial charge in [-0.05, 0) is 44.4 Å². The standard InChI is InChI=1S/C17H25NO3/c1-5-15(6-2)18-17(20)13(4)21-16-9-7-14(8-10-16)11-12(3)19/h7-10,13,15H,5-6,11H2,1-4H3,(H,18,20). The van der Waals surface area contributed by atoms with E-state index in [1.165, 1.54) is 0 Å². The van der Waals surface area contributed by atoms with E-state index in [4.69, 9.17) is 4.74 Å². The molecule has 0 bridgehead atoms. The van der Waals surface area contributed by atoms with Crippen molar-refractivity contribution in [3.05, 3.63) is 29.8 Å². The summed E-state index contributed by atoms with van der Waals surface area (Å²) in [5.74, 6) is 0.660. The second-order valence-corrected chi connectivity index (χ2v) is 5.30. The average molecular weight is 291 g/mol. The summed E-state index contributed by atoms with van der Waals surface area (Å²) >= 11 is 0. The molecular formula is C17H25NO3. The second-order valence-electron chi connectivity index (χ2n) is 5.30. The van der Waals surface area contributed by atoms with Crippen LogP contribution in [-0.2, 0) is 16.0 Å². The van der Waals surface area contributed by atoms with Gasteiger partial charge in [0.05, 0.1) is 0 Å². The molecule has 1 unspecified atom stereocenters. The van der Waals surface area contributed by atoms with E-state index in [1.807, 2.05) is 26.0 Å². The Kier molecular flexibility index (Phi) is 6.92. The van der Waals surface area contributed by atoms with Crippen molar-refractivity contribution in [2.75, 3.05) is 0 Å². The number of hydrogen-bond acceptors (Lipinski definition) is 3. The summed E-state index contributed by atoms with van der Waals surface area (Å²) in [7, 11) is 0. The molecule has 0 aliphatic heterocycles. The maximum atomic E-state index is 12.0. The Morgan fingerprint density at radius 2 is 1.71 bits per heavy atom. The van der Waals surface area contributed by atoms with Crippen molar-refractivity contribution in [3.8, 4) is 5.75 Å². The summed E-state index contributed by atoms with van der Waals surface area (Å²) in [4.78, 5) is 23.0. The molecule has 0 saturated carbocycles. The van der Waals surface area contributed by atoms with Gasteiger partial charge in [-0.1, -0.05) is 26.0 Å². The van der Waals surface area contributed by atoms with Gasteiger partial charge in [0.1, 0.15) is 11.5 Å². The quantitative estimate of drug-likeness (QED) is 0.801. The predicted octanol–water partition coefficient (Wildman–Crippen LogP) is 2.89. The zero-order valence-electron chi connectivity index (χ0n) is 13.3. The van der Waals surface area contributed by atoms with Gasteiger partial charge in [0, 0.05) is 12.5 Å². The number of ether oxygens (including phenoxy) is 1. The molecule has 0 aliphatic rings. The van der Waals surface area contributed by atoms with E-state index in [9.17, 15) is 9.59 Å². The predicted molar refractivity (Wildman–Crippen MR) is 83.4 cm³/mol. The van der Waals surface area contributed by atoms with Crippen molar-refractivity contribution in [2.45, 2.75) is 59.1 Å². The molecule has 0 spiro atoms. The summed E-state index contributed by atoms with van der Waals surface area (Å²) in [6, 6.07) is 7.48. The maximum Gasteiger partial charge on any atom is 0.260 e. The number of ketones is 1. The van der Waals surface area contributed by atoms with Gasteiger partial charge in [0.2, 0.25) is 0 Å². The van der Waals surface area contributed by atoms with E-state index in [0.717, 1.165) is 18.4 Å². The van der Waals surface area contributed by atoms with E-state index < -0.39 is 6.10 Å². The molecule has 116 valence electrons. The van der Waals surface area contributed by atoms with Crippen LogP contribution in [0.2, 0.25) is 0 Å². The fraction of sp³-hybridized carbons (Fsp3) is 0.529. The third-order valence-electron chi connectivity index (χ3n) is 3.39. The minimum absolute atomic E-state index is 0.100. The summed E-state index contributed by atoms with van der Waals surface area (Å²) < 4.78 is 5.63. The minimum Gasteiger partial charge on any atom is -0.481 e. The van der Waals surface area contributed by atoms with Crippen LogP contribution < -0.4 is 10.1 Å². The summed E-state index contributed by atoms with van der Waals surface area (Å²) in [5, 5.41) is 2.97. The highest BCUT2D eigenvalue weighted by molar-refractivity contribution is 5.81. The van der Waals surface area contributed by atoms with E-state index in [-0.39, 0.29) is 17.7 Å². The molecule has 1 aromatic rings. The molecule has 1 rings (SSSR count). The van der Waals surface area contributed by atoms with Gasteiger partial charge in [-0.2, -0.15) is 0 Å². The van der Waals surface area contributed by atoms with Gasteiger partial charge in [-0.3, -0.25) is 9.59 Å². The first-order chi connectivity index (χ1) is 9.96. The van der Waals surface area contributed by atoms with Crippen LogP contribution >= 0.6 is 0 Å². The summed E-state index contributed by atoms with van der Waals surface area (Å²) in [5.41, 5.74) is 0.948. The highest BCUT2D eigenvalue weighted by Gasteiger charge is 2.17.